The summed E-state index contributed by atoms with van der Waals surface area (Å²) in [7, 11) is 0. The van der Waals surface area contributed by atoms with E-state index in [9.17, 15) is 0 Å². The third kappa shape index (κ3) is 1.13. The van der Waals surface area contributed by atoms with E-state index in [4.69, 9.17) is 0 Å². The lowest BCUT2D eigenvalue weighted by molar-refractivity contribution is 0.505. The third-order valence-electron chi connectivity index (χ3n) is 3.25. The van der Waals surface area contributed by atoms with Gasteiger partial charge in [0.2, 0.25) is 0 Å². The molecule has 1 unspecified atom stereocenters. The summed E-state index contributed by atoms with van der Waals surface area (Å²) in [5, 5.41) is 0. The standard InChI is InChI=1S/C13H16/c1-4-6-11-7-5-8-12-9(2)13(11)10(12)3/h4-5,7-10H,1,6H2,2-3H3/t9-,10?/m0/s1. The molecule has 0 amide bonds. The van der Waals surface area contributed by atoms with Crippen LogP contribution in [-0.2, 0) is 0 Å². The lowest BCUT2D eigenvalue weighted by Gasteiger charge is -2.39. The Labute approximate surface area is 80.3 Å². The average molecular weight is 172 g/mol. The number of allylic oxidation sites excluding steroid dienone is 7. The number of rotatable bonds is 2. The predicted octanol–water partition coefficient (Wildman–Crippen LogP) is 3.64. The van der Waals surface area contributed by atoms with E-state index in [1.54, 1.807) is 11.1 Å². The molecule has 68 valence electrons. The topological polar surface area (TPSA) is 0 Å². The molecule has 1 saturated carbocycles. The van der Waals surface area contributed by atoms with E-state index in [0.29, 0.717) is 11.8 Å². The van der Waals surface area contributed by atoms with Crippen LogP contribution in [0.1, 0.15) is 20.3 Å². The van der Waals surface area contributed by atoms with E-state index in [1.807, 2.05) is 6.08 Å². The Morgan fingerprint density at radius 1 is 1.38 bits per heavy atom. The van der Waals surface area contributed by atoms with Gasteiger partial charge >= 0.3 is 0 Å². The van der Waals surface area contributed by atoms with Gasteiger partial charge in [0, 0.05) is 0 Å². The van der Waals surface area contributed by atoms with Gasteiger partial charge in [-0.1, -0.05) is 49.3 Å². The fourth-order valence-electron chi connectivity index (χ4n) is 2.57. The van der Waals surface area contributed by atoms with Crippen molar-refractivity contribution in [1.29, 1.82) is 0 Å². The van der Waals surface area contributed by atoms with Crippen molar-refractivity contribution in [2.24, 2.45) is 11.8 Å². The van der Waals surface area contributed by atoms with Gasteiger partial charge in [0.05, 0.1) is 0 Å². The molecule has 0 spiro atoms. The molecule has 0 saturated heterocycles. The van der Waals surface area contributed by atoms with Crippen molar-refractivity contribution < 1.29 is 0 Å². The summed E-state index contributed by atoms with van der Waals surface area (Å²) in [5.41, 5.74) is 4.69. The molecule has 3 rings (SSSR count). The minimum atomic E-state index is 0.681. The fourth-order valence-corrected chi connectivity index (χ4v) is 2.57. The number of hydrogen-bond acceptors (Lipinski definition) is 0. The fraction of sp³-hybridized carbons (Fsp3) is 0.385. The Hall–Kier alpha value is -1.04. The molecule has 0 aromatic rings. The van der Waals surface area contributed by atoms with Crippen LogP contribution in [0.5, 0.6) is 0 Å². The first-order valence-electron chi connectivity index (χ1n) is 4.97. The first-order valence-corrected chi connectivity index (χ1v) is 4.97. The lowest BCUT2D eigenvalue weighted by atomic mass is 9.65. The molecule has 0 heteroatoms. The average Bonchev–Trinajstić information content (AvgIpc) is 2.36. The van der Waals surface area contributed by atoms with Crippen LogP contribution in [0.2, 0.25) is 0 Å². The maximum absolute atomic E-state index is 3.80. The van der Waals surface area contributed by atoms with Gasteiger partial charge in [0.15, 0.2) is 0 Å². The van der Waals surface area contributed by atoms with Crippen LogP contribution in [0.4, 0.5) is 0 Å². The van der Waals surface area contributed by atoms with Gasteiger partial charge < -0.3 is 0 Å². The Bertz CT molecular complexity index is 312. The summed E-state index contributed by atoms with van der Waals surface area (Å²) in [6, 6.07) is 0. The normalized spacial score (nSPS) is 30.8. The van der Waals surface area contributed by atoms with Crippen molar-refractivity contribution in [2.75, 3.05) is 0 Å². The van der Waals surface area contributed by atoms with Crippen LogP contribution >= 0.6 is 0 Å². The molecular formula is C13H16. The summed E-state index contributed by atoms with van der Waals surface area (Å²) in [5.74, 6) is 1.36. The first kappa shape index (κ1) is 8.55. The summed E-state index contributed by atoms with van der Waals surface area (Å²) < 4.78 is 0. The minimum absolute atomic E-state index is 0.681. The molecule has 3 aliphatic carbocycles. The second-order valence-electron chi connectivity index (χ2n) is 3.94. The second-order valence-corrected chi connectivity index (χ2v) is 3.94. The van der Waals surface area contributed by atoms with Crippen LogP contribution in [0.3, 0.4) is 0 Å². The van der Waals surface area contributed by atoms with Gasteiger partial charge in [-0.05, 0) is 23.8 Å². The lowest BCUT2D eigenvalue weighted by Crippen LogP contribution is -2.27. The molecule has 2 bridgehead atoms. The van der Waals surface area contributed by atoms with E-state index in [2.05, 4.69) is 38.7 Å². The Kier molecular flexibility index (Phi) is 1.99. The highest BCUT2D eigenvalue weighted by Crippen LogP contribution is 2.48. The molecule has 0 radical (unpaired) electrons. The van der Waals surface area contributed by atoms with Crippen molar-refractivity contribution in [3.63, 3.8) is 0 Å². The molecule has 0 aromatic heterocycles. The predicted molar refractivity (Wildman–Crippen MR) is 57.4 cm³/mol. The highest BCUT2D eigenvalue weighted by atomic mass is 14.4. The van der Waals surface area contributed by atoms with Gasteiger partial charge in [-0.3, -0.25) is 0 Å². The van der Waals surface area contributed by atoms with Gasteiger partial charge in [0.25, 0.3) is 0 Å². The Morgan fingerprint density at radius 2 is 2.08 bits per heavy atom. The van der Waals surface area contributed by atoms with E-state index in [-0.39, 0.29) is 0 Å². The van der Waals surface area contributed by atoms with Crippen molar-refractivity contribution in [1.82, 2.24) is 0 Å². The highest BCUT2D eigenvalue weighted by Gasteiger charge is 2.35. The number of fused-ring (bicyclic) bond motifs is 2. The maximum atomic E-state index is 3.80. The molecule has 3 aliphatic rings. The molecule has 0 heterocycles. The van der Waals surface area contributed by atoms with Crippen LogP contribution in [0.25, 0.3) is 0 Å². The van der Waals surface area contributed by atoms with E-state index in [1.165, 1.54) is 5.57 Å². The maximum Gasteiger partial charge on any atom is -0.0000552 e. The molecule has 0 aromatic carbocycles. The zero-order chi connectivity index (χ0) is 9.42. The second kappa shape index (κ2) is 3.02. The zero-order valence-corrected chi connectivity index (χ0v) is 8.38. The van der Waals surface area contributed by atoms with Gasteiger partial charge in [-0.25, -0.2) is 0 Å². The largest absolute Gasteiger partial charge is 0.103 e. The SMILES string of the molecule is C=CCC1=C2C(C)C(=CC=C1)[C@@H]2C. The van der Waals surface area contributed by atoms with Gasteiger partial charge in [-0.15, -0.1) is 6.58 Å². The van der Waals surface area contributed by atoms with Gasteiger partial charge in [-0.2, -0.15) is 0 Å². The van der Waals surface area contributed by atoms with Crippen molar-refractivity contribution in [3.05, 3.63) is 47.6 Å². The Morgan fingerprint density at radius 3 is 2.69 bits per heavy atom. The summed E-state index contributed by atoms with van der Waals surface area (Å²) in [4.78, 5) is 0. The summed E-state index contributed by atoms with van der Waals surface area (Å²) >= 11 is 0. The quantitative estimate of drug-likeness (QED) is 0.558. The smallest absolute Gasteiger partial charge is 0.0000552 e. The van der Waals surface area contributed by atoms with Crippen LogP contribution in [0, 0.1) is 11.8 Å². The molecule has 2 atom stereocenters. The summed E-state index contributed by atoms with van der Waals surface area (Å²) in [6.07, 6.45) is 9.71. The molecule has 0 aliphatic heterocycles. The molecule has 13 heavy (non-hydrogen) atoms. The first-order chi connectivity index (χ1) is 6.25. The Balaban J connectivity index is 2.40. The van der Waals surface area contributed by atoms with E-state index >= 15 is 0 Å². The van der Waals surface area contributed by atoms with Crippen molar-refractivity contribution >= 4 is 0 Å². The van der Waals surface area contributed by atoms with Crippen LogP contribution in [-0.4, -0.2) is 0 Å². The van der Waals surface area contributed by atoms with Crippen LogP contribution < -0.4 is 0 Å². The molecule has 0 N–H and O–H groups in total. The summed E-state index contributed by atoms with van der Waals surface area (Å²) in [6.45, 7) is 8.41. The van der Waals surface area contributed by atoms with Crippen LogP contribution in [0.15, 0.2) is 47.6 Å². The monoisotopic (exact) mass is 172 g/mol. The third-order valence-corrected chi connectivity index (χ3v) is 3.25. The molecule has 0 nitrogen and oxygen atoms in total. The van der Waals surface area contributed by atoms with E-state index < -0.39 is 0 Å². The minimum Gasteiger partial charge on any atom is -0.103 e. The highest BCUT2D eigenvalue weighted by molar-refractivity contribution is 5.51. The zero-order valence-electron chi connectivity index (χ0n) is 8.38. The molecular weight excluding hydrogens is 156 g/mol. The van der Waals surface area contributed by atoms with E-state index in [0.717, 1.165) is 6.42 Å². The van der Waals surface area contributed by atoms with Gasteiger partial charge in [0.1, 0.15) is 0 Å². The molecule has 1 fully saturated rings. The number of hydrogen-bond donors (Lipinski definition) is 0. The van der Waals surface area contributed by atoms with Crippen molar-refractivity contribution in [2.45, 2.75) is 20.3 Å². The van der Waals surface area contributed by atoms with Crippen molar-refractivity contribution in [3.8, 4) is 0 Å².